The predicted octanol–water partition coefficient (Wildman–Crippen LogP) is 4.30. The van der Waals surface area contributed by atoms with Gasteiger partial charge in [-0.15, -0.1) is 35.0 Å². The van der Waals surface area contributed by atoms with Crippen molar-refractivity contribution < 1.29 is 0 Å². The van der Waals surface area contributed by atoms with Crippen LogP contribution in [0.2, 0.25) is 0 Å². The molecule has 0 spiro atoms. The van der Waals surface area contributed by atoms with Crippen LogP contribution in [0.5, 0.6) is 0 Å². The Bertz CT molecular complexity index is 1020. The summed E-state index contributed by atoms with van der Waals surface area (Å²) in [5, 5.41) is 13.7. The molecule has 0 saturated carbocycles. The number of aromatic nitrogens is 5. The Labute approximate surface area is 182 Å². The Hall–Kier alpha value is -2.41. The molecule has 3 heterocycles. The van der Waals surface area contributed by atoms with Crippen molar-refractivity contribution in [3.05, 3.63) is 72.9 Å². The van der Waals surface area contributed by atoms with Crippen LogP contribution in [0.1, 0.15) is 24.4 Å². The lowest BCUT2D eigenvalue weighted by Crippen LogP contribution is -2.34. The van der Waals surface area contributed by atoms with Gasteiger partial charge in [0.25, 0.3) is 0 Å². The average molecular weight is 431 g/mol. The van der Waals surface area contributed by atoms with Crippen molar-refractivity contribution in [3.8, 4) is 5.69 Å². The Balaban J connectivity index is 0.00000120. The number of halogens is 2. The highest BCUT2D eigenvalue weighted by atomic mass is 35.5. The van der Waals surface area contributed by atoms with Crippen LogP contribution in [-0.4, -0.2) is 42.5 Å². The molecule has 0 bridgehead atoms. The summed E-state index contributed by atoms with van der Waals surface area (Å²) in [7, 11) is 0. The fourth-order valence-corrected chi connectivity index (χ4v) is 3.98. The molecule has 1 saturated heterocycles. The second kappa shape index (κ2) is 9.39. The lowest BCUT2D eigenvalue weighted by molar-refractivity contribution is 0.175. The summed E-state index contributed by atoms with van der Waals surface area (Å²) in [6.45, 7) is 3.24. The molecule has 6 nitrogen and oxygen atoms in total. The summed E-state index contributed by atoms with van der Waals surface area (Å²) in [6, 6.07) is 17.6. The van der Waals surface area contributed by atoms with E-state index < -0.39 is 0 Å². The summed E-state index contributed by atoms with van der Waals surface area (Å²) in [5.41, 5.74) is 3.64. The Morgan fingerprint density at radius 2 is 1.62 bits per heavy atom. The molecule has 0 aliphatic carbocycles. The van der Waals surface area contributed by atoms with Gasteiger partial charge in [0.15, 0.2) is 0 Å². The van der Waals surface area contributed by atoms with Crippen LogP contribution in [0.3, 0.4) is 0 Å². The zero-order valence-electron chi connectivity index (χ0n) is 16.0. The molecule has 1 aliphatic rings. The van der Waals surface area contributed by atoms with E-state index >= 15 is 0 Å². The molecule has 1 aliphatic heterocycles. The molecular weight excluding hydrogens is 407 g/mol. The number of benzene rings is 2. The normalized spacial score (nSPS) is 15.0. The summed E-state index contributed by atoms with van der Waals surface area (Å²) in [4.78, 5) is 2.54. The molecule has 0 radical (unpaired) electrons. The first-order chi connectivity index (χ1) is 13.4. The van der Waals surface area contributed by atoms with E-state index in [1.807, 2.05) is 10.8 Å². The Morgan fingerprint density at radius 3 is 2.34 bits per heavy atom. The molecular formula is C21H24Cl2N6. The van der Waals surface area contributed by atoms with E-state index in [-0.39, 0.29) is 24.8 Å². The monoisotopic (exact) mass is 430 g/mol. The smallest absolute Gasteiger partial charge is 0.123 e. The van der Waals surface area contributed by atoms with E-state index in [2.05, 4.69) is 68.3 Å². The van der Waals surface area contributed by atoms with Crippen LogP contribution in [0.25, 0.3) is 16.6 Å². The van der Waals surface area contributed by atoms with Crippen LogP contribution in [0, 0.1) is 0 Å². The standard InChI is InChI=1S/C21H22N6.2ClH/c1-2-4-17(5-3-1)14-25-10-8-19(9-11-25)27-21-12-20(26-15-22-23-16-26)7-6-18(21)13-24-27;;/h1-7,12-13,15-16,19H,8-11,14H2;2*1H. The Morgan fingerprint density at radius 1 is 0.897 bits per heavy atom. The van der Waals surface area contributed by atoms with Gasteiger partial charge in [0.05, 0.1) is 23.4 Å². The van der Waals surface area contributed by atoms with Crippen molar-refractivity contribution >= 4 is 35.7 Å². The first-order valence-electron chi connectivity index (χ1n) is 9.45. The number of likely N-dealkylation sites (tertiary alicyclic amines) is 1. The molecule has 0 amide bonds. The molecule has 152 valence electrons. The maximum atomic E-state index is 4.71. The maximum Gasteiger partial charge on any atom is 0.123 e. The van der Waals surface area contributed by atoms with Crippen LogP contribution < -0.4 is 0 Å². The quantitative estimate of drug-likeness (QED) is 0.484. The molecule has 4 aromatic rings. The van der Waals surface area contributed by atoms with E-state index in [0.29, 0.717) is 6.04 Å². The summed E-state index contributed by atoms with van der Waals surface area (Å²) in [5.74, 6) is 0. The third-order valence-electron chi connectivity index (χ3n) is 5.45. The number of piperidine rings is 1. The molecule has 0 atom stereocenters. The van der Waals surface area contributed by atoms with Gasteiger partial charge >= 0.3 is 0 Å². The maximum absolute atomic E-state index is 4.71. The second-order valence-electron chi connectivity index (χ2n) is 7.19. The number of nitrogens with zero attached hydrogens (tertiary/aromatic N) is 6. The molecule has 2 aromatic carbocycles. The van der Waals surface area contributed by atoms with E-state index in [4.69, 9.17) is 5.10 Å². The lowest BCUT2D eigenvalue weighted by atomic mass is 10.0. The van der Waals surface area contributed by atoms with E-state index in [9.17, 15) is 0 Å². The van der Waals surface area contributed by atoms with Crippen LogP contribution in [0.15, 0.2) is 67.4 Å². The number of hydrogen-bond donors (Lipinski definition) is 0. The van der Waals surface area contributed by atoms with E-state index in [0.717, 1.165) is 38.2 Å². The van der Waals surface area contributed by atoms with Gasteiger partial charge < -0.3 is 0 Å². The molecule has 1 fully saturated rings. The van der Waals surface area contributed by atoms with Crippen molar-refractivity contribution in [2.75, 3.05) is 13.1 Å². The van der Waals surface area contributed by atoms with Gasteiger partial charge in [-0.25, -0.2) is 0 Å². The lowest BCUT2D eigenvalue weighted by Gasteiger charge is -2.32. The van der Waals surface area contributed by atoms with Crippen LogP contribution in [0.4, 0.5) is 0 Å². The Kier molecular flexibility index (Phi) is 6.90. The average Bonchev–Trinajstić information content (AvgIpc) is 3.39. The molecule has 5 rings (SSSR count). The van der Waals surface area contributed by atoms with E-state index in [1.54, 1.807) is 12.7 Å². The highest BCUT2D eigenvalue weighted by Gasteiger charge is 2.22. The van der Waals surface area contributed by atoms with Gasteiger partial charge in [-0.3, -0.25) is 14.1 Å². The summed E-state index contributed by atoms with van der Waals surface area (Å²) < 4.78 is 4.14. The first kappa shape index (κ1) is 21.3. The van der Waals surface area contributed by atoms with Gasteiger partial charge in [0.2, 0.25) is 0 Å². The van der Waals surface area contributed by atoms with Crippen LogP contribution in [-0.2, 0) is 6.54 Å². The second-order valence-corrected chi connectivity index (χ2v) is 7.19. The summed E-state index contributed by atoms with van der Waals surface area (Å²) in [6.07, 6.45) is 7.68. The number of hydrogen-bond acceptors (Lipinski definition) is 4. The number of fused-ring (bicyclic) bond motifs is 1. The third-order valence-corrected chi connectivity index (χ3v) is 5.45. The largest absolute Gasteiger partial charge is 0.299 e. The van der Waals surface area contributed by atoms with Crippen molar-refractivity contribution in [3.63, 3.8) is 0 Å². The highest BCUT2D eigenvalue weighted by Crippen LogP contribution is 2.28. The summed E-state index contributed by atoms with van der Waals surface area (Å²) >= 11 is 0. The fraction of sp³-hybridized carbons (Fsp3) is 0.286. The number of rotatable bonds is 4. The topological polar surface area (TPSA) is 51.8 Å². The third kappa shape index (κ3) is 4.45. The molecule has 8 heteroatoms. The zero-order chi connectivity index (χ0) is 18.1. The molecule has 29 heavy (non-hydrogen) atoms. The minimum absolute atomic E-state index is 0. The van der Waals surface area contributed by atoms with Crippen molar-refractivity contribution in [1.82, 2.24) is 29.4 Å². The SMILES string of the molecule is Cl.Cl.c1ccc(CN2CCC(n3ncc4ccc(-n5cnnc5)cc43)CC2)cc1. The zero-order valence-corrected chi connectivity index (χ0v) is 17.6. The van der Waals surface area contributed by atoms with Gasteiger partial charge in [0.1, 0.15) is 12.7 Å². The first-order valence-corrected chi connectivity index (χ1v) is 9.45. The molecule has 0 unspecified atom stereocenters. The predicted molar refractivity (Wildman–Crippen MR) is 119 cm³/mol. The van der Waals surface area contributed by atoms with Crippen molar-refractivity contribution in [2.45, 2.75) is 25.4 Å². The van der Waals surface area contributed by atoms with Gasteiger partial charge in [0, 0.05) is 25.0 Å². The van der Waals surface area contributed by atoms with Gasteiger partial charge in [-0.2, -0.15) is 5.10 Å². The minimum atomic E-state index is 0. The molecule has 2 aromatic heterocycles. The van der Waals surface area contributed by atoms with Crippen molar-refractivity contribution in [2.24, 2.45) is 0 Å². The molecule has 0 N–H and O–H groups in total. The van der Waals surface area contributed by atoms with Crippen molar-refractivity contribution in [1.29, 1.82) is 0 Å². The van der Waals surface area contributed by atoms with Gasteiger partial charge in [-0.1, -0.05) is 30.3 Å². The van der Waals surface area contributed by atoms with Crippen LogP contribution >= 0.6 is 24.8 Å². The fourth-order valence-electron chi connectivity index (χ4n) is 3.98. The van der Waals surface area contributed by atoms with E-state index in [1.165, 1.54) is 16.5 Å². The highest BCUT2D eigenvalue weighted by molar-refractivity contribution is 5.85. The van der Waals surface area contributed by atoms with Gasteiger partial charge in [-0.05, 0) is 36.6 Å². The minimum Gasteiger partial charge on any atom is -0.299 e.